The molecule has 11 rings (SSSR count). The fourth-order valence-electron chi connectivity index (χ4n) is 13.4. The van der Waals surface area contributed by atoms with Crippen LogP contribution >= 0.6 is 0 Å². The third-order valence-corrected chi connectivity index (χ3v) is 15.9. The van der Waals surface area contributed by atoms with Gasteiger partial charge in [0.05, 0.1) is 36.0 Å². The van der Waals surface area contributed by atoms with Gasteiger partial charge in [-0.3, -0.25) is 24.0 Å². The Hall–Kier alpha value is -3.97. The number of aryl methyl sites for hydroxylation is 1. The lowest BCUT2D eigenvalue weighted by Gasteiger charge is -2.72. The summed E-state index contributed by atoms with van der Waals surface area (Å²) in [4.78, 5) is 45.2. The number of fused-ring (bicyclic) bond motifs is 2. The molecule has 7 fully saturated rings. The third-order valence-electron chi connectivity index (χ3n) is 15.9. The van der Waals surface area contributed by atoms with Crippen molar-refractivity contribution in [3.05, 3.63) is 65.5 Å². The highest BCUT2D eigenvalue weighted by atomic mass is 16.7. The second-order valence-corrected chi connectivity index (χ2v) is 19.1. The molecule has 9 atom stereocenters. The Morgan fingerprint density at radius 1 is 0.931 bits per heavy atom. The number of ketones is 1. The van der Waals surface area contributed by atoms with Crippen LogP contribution in [-0.4, -0.2) is 98.5 Å². The van der Waals surface area contributed by atoms with Gasteiger partial charge in [0.15, 0.2) is 12.1 Å². The highest BCUT2D eigenvalue weighted by molar-refractivity contribution is 6.26. The number of Topliss-reactive ketones (excluding diaryl/α,β-unsaturated/α-hetero) is 1. The lowest BCUT2D eigenvalue weighted by molar-refractivity contribution is -0.402. The number of imide groups is 1. The summed E-state index contributed by atoms with van der Waals surface area (Å²) in [6.07, 6.45) is 10.00. The topological polar surface area (TPSA) is 147 Å². The lowest BCUT2D eigenvalue weighted by Crippen LogP contribution is -2.78. The average Bonchev–Trinajstić information content (AvgIpc) is 3.72. The van der Waals surface area contributed by atoms with Crippen molar-refractivity contribution in [2.24, 2.45) is 34.0 Å². The van der Waals surface area contributed by atoms with Gasteiger partial charge in [-0.05, 0) is 99.3 Å². The van der Waals surface area contributed by atoms with E-state index in [9.17, 15) is 24.6 Å². The molecule has 2 aromatic carbocycles. The zero-order chi connectivity index (χ0) is 40.1. The molecule has 3 aromatic rings. The molecule has 2 amide bonds. The molecule has 0 unspecified atom stereocenters. The van der Waals surface area contributed by atoms with Crippen molar-refractivity contribution in [2.75, 3.05) is 31.1 Å². The van der Waals surface area contributed by atoms with Gasteiger partial charge >= 0.3 is 0 Å². The second kappa shape index (κ2) is 14.1. The Kier molecular flexibility index (Phi) is 9.27. The molecule has 1 aromatic heterocycles. The maximum Gasteiger partial charge on any atom is 0.261 e. The number of unbranched alkanes of at least 4 members (excludes halogenated alkanes) is 2. The molecule has 308 valence electrons. The number of ether oxygens (including phenoxy) is 2. The summed E-state index contributed by atoms with van der Waals surface area (Å²) in [5, 5.41) is 33.9. The van der Waals surface area contributed by atoms with Gasteiger partial charge in [-0.15, -0.1) is 5.10 Å². The zero-order valence-electron chi connectivity index (χ0n) is 33.9. The molecule has 4 bridgehead atoms. The van der Waals surface area contributed by atoms with E-state index in [0.717, 1.165) is 93.0 Å². The number of carbonyl (C=O) groups is 3. The van der Waals surface area contributed by atoms with Gasteiger partial charge in [-0.25, -0.2) is 0 Å². The van der Waals surface area contributed by atoms with Crippen LogP contribution in [0.25, 0.3) is 10.8 Å². The van der Waals surface area contributed by atoms with Gasteiger partial charge in [0.2, 0.25) is 0 Å². The van der Waals surface area contributed by atoms with Crippen LogP contribution in [0.3, 0.4) is 0 Å². The predicted octanol–water partition coefficient (Wildman–Crippen LogP) is 5.87. The number of carbonyl (C=O) groups excluding carboxylic acids is 3. The van der Waals surface area contributed by atoms with Crippen LogP contribution in [0.15, 0.2) is 48.7 Å². The first kappa shape index (κ1) is 38.2. The molecular weight excluding hydrogens is 735 g/mol. The zero-order valence-corrected chi connectivity index (χ0v) is 33.9. The quantitative estimate of drug-likeness (QED) is 0.137. The van der Waals surface area contributed by atoms with Crippen LogP contribution in [0.2, 0.25) is 0 Å². The highest BCUT2D eigenvalue weighted by Crippen LogP contribution is 2.75. The summed E-state index contributed by atoms with van der Waals surface area (Å²) in [5.74, 6) is -1.26. The van der Waals surface area contributed by atoms with E-state index in [0.29, 0.717) is 42.7 Å². The van der Waals surface area contributed by atoms with Crippen molar-refractivity contribution in [3.63, 3.8) is 0 Å². The summed E-state index contributed by atoms with van der Waals surface area (Å²) in [6.45, 7) is 11.7. The number of piperidine rings is 1. The number of amides is 2. The Labute approximate surface area is 339 Å². The molecule has 4 aliphatic carbocycles. The smallest absolute Gasteiger partial charge is 0.261 e. The molecule has 8 aliphatic rings. The number of benzene rings is 2. The van der Waals surface area contributed by atoms with E-state index in [-0.39, 0.29) is 35.5 Å². The number of aromatic nitrogens is 3. The van der Waals surface area contributed by atoms with Gasteiger partial charge < -0.3 is 24.6 Å². The van der Waals surface area contributed by atoms with Crippen LogP contribution in [-0.2, 0) is 27.2 Å². The Balaban J connectivity index is 0.747. The van der Waals surface area contributed by atoms with E-state index in [1.165, 1.54) is 11.3 Å². The van der Waals surface area contributed by atoms with Gasteiger partial charge in [0.25, 0.3) is 11.8 Å². The molecule has 4 saturated carbocycles. The number of aliphatic hydroxyl groups excluding tert-OH is 2. The number of hydrogen-bond acceptors (Lipinski definition) is 10. The first-order valence-electron chi connectivity index (χ1n) is 21.9. The van der Waals surface area contributed by atoms with Crippen molar-refractivity contribution in [1.82, 2.24) is 19.9 Å². The molecule has 2 spiro atoms. The minimum atomic E-state index is -1.14. The molecule has 4 aliphatic heterocycles. The van der Waals surface area contributed by atoms with Crippen molar-refractivity contribution in [1.29, 1.82) is 0 Å². The SMILES string of the molecule is C=C1C(=O)[C@]23[C@H](O)[C@H]1C[C@H](O)[C@H]2[C@]12CCCC(C)(C)[C@H]1C[C@H]3O[C@H]2OCCCCCc1cn(CCN2C(=O)c3cccc4c(N5CCCCC5)ccc(c34)C2=O)nn1. The predicted molar refractivity (Wildman–Crippen MR) is 216 cm³/mol. The Morgan fingerprint density at radius 2 is 1.72 bits per heavy atom. The Morgan fingerprint density at radius 3 is 2.53 bits per heavy atom. The van der Waals surface area contributed by atoms with E-state index in [1.807, 2.05) is 36.5 Å². The summed E-state index contributed by atoms with van der Waals surface area (Å²) in [7, 11) is 0. The summed E-state index contributed by atoms with van der Waals surface area (Å²) in [5.41, 5.74) is 1.84. The van der Waals surface area contributed by atoms with Gasteiger partial charge in [-0.1, -0.05) is 50.6 Å². The van der Waals surface area contributed by atoms with Crippen molar-refractivity contribution >= 4 is 34.1 Å². The highest BCUT2D eigenvalue weighted by Gasteiger charge is 2.81. The standard InChI is InChI=1S/C46H57N5O7/c1-27-32-24-34(52)38-45-18-11-17-44(2,3)35(45)25-36(46(38,39(27)53)40(32)54)58-43(45)57-23-9-4-6-12-28-26-50(48-47-28)21-22-51-41(55)30-14-10-13-29-33(49-19-7-5-8-20-49)16-15-31(37(29)30)42(51)56/h10,13-16,26,32,34-36,38,40,43,52,54H,1,4-9,11-12,17-25H2,2-3H3/t32-,34-,35+,36+,38-,40+,43+,45-,46+/m0/s1. The van der Waals surface area contributed by atoms with Gasteiger partial charge in [-0.2, -0.15) is 0 Å². The van der Waals surface area contributed by atoms with Crippen LogP contribution in [0, 0.1) is 34.0 Å². The van der Waals surface area contributed by atoms with Crippen LogP contribution in [0.5, 0.6) is 0 Å². The first-order chi connectivity index (χ1) is 28.0. The fraction of sp³-hybridized carbons (Fsp3) is 0.630. The van der Waals surface area contributed by atoms with E-state index in [2.05, 4.69) is 35.6 Å². The number of hydrogen-bond donors (Lipinski definition) is 2. The molecule has 12 nitrogen and oxygen atoms in total. The minimum Gasteiger partial charge on any atom is -0.393 e. The summed E-state index contributed by atoms with van der Waals surface area (Å²) in [6, 6.07) is 9.71. The van der Waals surface area contributed by atoms with Crippen molar-refractivity contribution < 1.29 is 34.1 Å². The van der Waals surface area contributed by atoms with E-state index >= 15 is 0 Å². The monoisotopic (exact) mass is 791 g/mol. The minimum absolute atomic E-state index is 0.00300. The summed E-state index contributed by atoms with van der Waals surface area (Å²) < 4.78 is 15.1. The Bertz CT molecular complexity index is 2150. The molecule has 5 heterocycles. The van der Waals surface area contributed by atoms with E-state index < -0.39 is 47.3 Å². The van der Waals surface area contributed by atoms with Gasteiger partial charge in [0.1, 0.15) is 0 Å². The molecule has 58 heavy (non-hydrogen) atoms. The number of anilines is 1. The maximum absolute atomic E-state index is 14.0. The second-order valence-electron chi connectivity index (χ2n) is 19.1. The molecule has 12 heteroatoms. The largest absolute Gasteiger partial charge is 0.393 e. The maximum atomic E-state index is 14.0. The summed E-state index contributed by atoms with van der Waals surface area (Å²) >= 11 is 0. The van der Waals surface area contributed by atoms with Gasteiger partial charge in [0, 0.05) is 77.3 Å². The van der Waals surface area contributed by atoms with Crippen LogP contribution in [0.1, 0.15) is 111 Å². The molecule has 0 radical (unpaired) electrons. The number of rotatable bonds is 11. The number of nitrogens with zero attached hydrogens (tertiary/aromatic N) is 5. The normalized spacial score (nSPS) is 34.9. The molecule has 3 saturated heterocycles. The first-order valence-corrected chi connectivity index (χ1v) is 21.9. The third kappa shape index (κ3) is 5.43. The van der Waals surface area contributed by atoms with Crippen molar-refractivity contribution in [3.8, 4) is 0 Å². The van der Waals surface area contributed by atoms with Crippen LogP contribution < -0.4 is 4.90 Å². The fourth-order valence-corrected chi connectivity index (χ4v) is 13.4. The average molecular weight is 792 g/mol. The lowest BCUT2D eigenvalue weighted by atomic mass is 9.37. The molecule has 2 N–H and O–H groups in total. The number of aliphatic hydroxyl groups is 2. The van der Waals surface area contributed by atoms with E-state index in [1.54, 1.807) is 4.68 Å². The van der Waals surface area contributed by atoms with E-state index in [4.69, 9.17) is 9.47 Å². The van der Waals surface area contributed by atoms with Crippen LogP contribution in [0.4, 0.5) is 5.69 Å². The van der Waals surface area contributed by atoms with Crippen molar-refractivity contribution in [2.45, 2.75) is 122 Å². The molecular formula is C46H57N5O7.